The van der Waals surface area contributed by atoms with E-state index in [4.69, 9.17) is 4.74 Å². The summed E-state index contributed by atoms with van der Waals surface area (Å²) in [6.07, 6.45) is 3.61. The van der Waals surface area contributed by atoms with Crippen LogP contribution < -0.4 is 10.2 Å². The summed E-state index contributed by atoms with van der Waals surface area (Å²) < 4.78 is 19.7. The van der Waals surface area contributed by atoms with Gasteiger partial charge in [0, 0.05) is 38.1 Å². The van der Waals surface area contributed by atoms with Crippen LogP contribution in [0.15, 0.2) is 42.7 Å². The van der Waals surface area contributed by atoms with Crippen LogP contribution in [-0.4, -0.2) is 31.3 Å². The van der Waals surface area contributed by atoms with E-state index in [-0.39, 0.29) is 11.9 Å². The molecule has 0 aliphatic carbocycles. The van der Waals surface area contributed by atoms with Gasteiger partial charge in [0.25, 0.3) is 0 Å². The molecule has 23 heavy (non-hydrogen) atoms. The topological polar surface area (TPSA) is 37.4 Å². The highest BCUT2D eigenvalue weighted by Crippen LogP contribution is 2.22. The lowest BCUT2D eigenvalue weighted by Crippen LogP contribution is -2.36. The maximum absolute atomic E-state index is 14.4. The van der Waals surface area contributed by atoms with Gasteiger partial charge < -0.3 is 15.0 Å². The van der Waals surface area contributed by atoms with Crippen LogP contribution in [0.2, 0.25) is 0 Å². The summed E-state index contributed by atoms with van der Waals surface area (Å²) in [5, 5.41) is 3.40. The van der Waals surface area contributed by atoms with Gasteiger partial charge in [-0.15, -0.1) is 0 Å². The van der Waals surface area contributed by atoms with Gasteiger partial charge in [-0.05, 0) is 36.2 Å². The molecule has 1 aromatic heterocycles. The number of morpholine rings is 1. The van der Waals surface area contributed by atoms with Gasteiger partial charge in [0.2, 0.25) is 0 Å². The average Bonchev–Trinajstić information content (AvgIpc) is 2.61. The van der Waals surface area contributed by atoms with Crippen molar-refractivity contribution in [3.05, 3.63) is 59.7 Å². The summed E-state index contributed by atoms with van der Waals surface area (Å²) in [5.41, 5.74) is 2.73. The summed E-state index contributed by atoms with van der Waals surface area (Å²) >= 11 is 0. The minimum atomic E-state index is -0.166. The number of ether oxygens (including phenoxy) is 1. The molecule has 1 N–H and O–H groups in total. The minimum absolute atomic E-state index is 0.166. The first kappa shape index (κ1) is 15.9. The number of nitrogens with zero attached hydrogens (tertiary/aromatic N) is 2. The Bertz CT molecular complexity index is 629. The maximum Gasteiger partial charge on any atom is 0.146 e. The van der Waals surface area contributed by atoms with Crippen LogP contribution >= 0.6 is 0 Å². The Balaban J connectivity index is 1.61. The van der Waals surface area contributed by atoms with E-state index in [1.807, 2.05) is 35.4 Å². The highest BCUT2D eigenvalue weighted by Gasteiger charge is 2.15. The molecular formula is C18H22FN3O. The second kappa shape index (κ2) is 7.53. The second-order valence-electron chi connectivity index (χ2n) is 5.77. The number of anilines is 1. The van der Waals surface area contributed by atoms with Crippen molar-refractivity contribution in [3.63, 3.8) is 0 Å². The molecule has 0 amide bonds. The molecule has 0 saturated carbocycles. The Labute approximate surface area is 136 Å². The van der Waals surface area contributed by atoms with Gasteiger partial charge in [0.1, 0.15) is 5.82 Å². The number of hydrogen-bond donors (Lipinski definition) is 1. The van der Waals surface area contributed by atoms with E-state index in [1.54, 1.807) is 12.3 Å². The van der Waals surface area contributed by atoms with Crippen molar-refractivity contribution in [2.75, 3.05) is 31.2 Å². The molecule has 122 valence electrons. The fourth-order valence-corrected chi connectivity index (χ4v) is 2.74. The zero-order valence-electron chi connectivity index (χ0n) is 13.3. The van der Waals surface area contributed by atoms with Gasteiger partial charge in [0.15, 0.2) is 0 Å². The van der Waals surface area contributed by atoms with E-state index in [0.717, 1.165) is 24.2 Å². The first-order valence-electron chi connectivity index (χ1n) is 7.98. The maximum atomic E-state index is 14.4. The Kier molecular flexibility index (Phi) is 5.20. The fraction of sp³-hybridized carbons (Fsp3) is 0.389. The van der Waals surface area contributed by atoms with Gasteiger partial charge in [0.05, 0.1) is 18.9 Å². The molecular weight excluding hydrogens is 293 g/mol. The zero-order chi connectivity index (χ0) is 16.1. The zero-order valence-corrected chi connectivity index (χ0v) is 13.3. The second-order valence-corrected chi connectivity index (χ2v) is 5.77. The van der Waals surface area contributed by atoms with Gasteiger partial charge >= 0.3 is 0 Å². The molecule has 0 radical (unpaired) electrons. The molecule has 0 bridgehead atoms. The van der Waals surface area contributed by atoms with Crippen molar-refractivity contribution < 1.29 is 9.13 Å². The standard InChI is InChI=1S/C18H22FN3O/c1-14(16-3-2-6-20-13-16)21-12-15-4-5-18(17(19)11-15)22-7-9-23-10-8-22/h2-6,11,13-14,21H,7-10,12H2,1H3/t14-/m0/s1. The number of nitrogens with one attached hydrogen (secondary N) is 1. The van der Waals surface area contributed by atoms with Gasteiger partial charge in [-0.25, -0.2) is 4.39 Å². The predicted octanol–water partition coefficient (Wildman–Crippen LogP) is 2.91. The highest BCUT2D eigenvalue weighted by molar-refractivity contribution is 5.49. The fourth-order valence-electron chi connectivity index (χ4n) is 2.74. The third kappa shape index (κ3) is 4.06. The number of halogens is 1. The lowest BCUT2D eigenvalue weighted by atomic mass is 10.1. The van der Waals surface area contributed by atoms with E-state index in [2.05, 4.69) is 17.2 Å². The Morgan fingerprint density at radius 2 is 2.13 bits per heavy atom. The van der Waals surface area contributed by atoms with Crippen LogP contribution in [0.3, 0.4) is 0 Å². The van der Waals surface area contributed by atoms with Crippen LogP contribution in [0.25, 0.3) is 0 Å². The average molecular weight is 315 g/mol. The van der Waals surface area contributed by atoms with E-state index in [1.165, 1.54) is 0 Å². The summed E-state index contributed by atoms with van der Waals surface area (Å²) in [7, 11) is 0. The SMILES string of the molecule is C[C@H](NCc1ccc(N2CCOCC2)c(F)c1)c1cccnc1. The lowest BCUT2D eigenvalue weighted by Gasteiger charge is -2.29. The summed E-state index contributed by atoms with van der Waals surface area (Å²) in [4.78, 5) is 6.16. The summed E-state index contributed by atoms with van der Waals surface area (Å²) in [6, 6.07) is 9.60. The van der Waals surface area contributed by atoms with Crippen molar-refractivity contribution in [1.82, 2.24) is 10.3 Å². The molecule has 1 fully saturated rings. The molecule has 4 nitrogen and oxygen atoms in total. The molecule has 2 heterocycles. The van der Waals surface area contributed by atoms with E-state index < -0.39 is 0 Å². The quantitative estimate of drug-likeness (QED) is 0.920. The Morgan fingerprint density at radius 1 is 1.30 bits per heavy atom. The van der Waals surface area contributed by atoms with Crippen LogP contribution in [0, 0.1) is 5.82 Å². The molecule has 1 atom stereocenters. The van der Waals surface area contributed by atoms with Gasteiger partial charge in [-0.2, -0.15) is 0 Å². The van der Waals surface area contributed by atoms with Crippen molar-refractivity contribution in [3.8, 4) is 0 Å². The lowest BCUT2D eigenvalue weighted by molar-refractivity contribution is 0.122. The van der Waals surface area contributed by atoms with E-state index >= 15 is 0 Å². The van der Waals surface area contributed by atoms with Crippen LogP contribution in [-0.2, 0) is 11.3 Å². The van der Waals surface area contributed by atoms with Crippen LogP contribution in [0.4, 0.5) is 10.1 Å². The van der Waals surface area contributed by atoms with Gasteiger partial charge in [-0.1, -0.05) is 12.1 Å². The first-order chi connectivity index (χ1) is 11.2. The Morgan fingerprint density at radius 3 is 2.83 bits per heavy atom. The highest BCUT2D eigenvalue weighted by atomic mass is 19.1. The normalized spacial score (nSPS) is 16.3. The van der Waals surface area contributed by atoms with Crippen molar-refractivity contribution >= 4 is 5.69 Å². The number of rotatable bonds is 5. The molecule has 2 aromatic rings. The van der Waals surface area contributed by atoms with Gasteiger partial charge in [-0.3, -0.25) is 4.98 Å². The van der Waals surface area contributed by atoms with E-state index in [0.29, 0.717) is 25.4 Å². The molecule has 1 aliphatic rings. The predicted molar refractivity (Wildman–Crippen MR) is 88.9 cm³/mol. The van der Waals surface area contributed by atoms with Crippen LogP contribution in [0.1, 0.15) is 24.1 Å². The smallest absolute Gasteiger partial charge is 0.146 e. The molecule has 5 heteroatoms. The van der Waals surface area contributed by atoms with E-state index in [9.17, 15) is 4.39 Å². The molecule has 1 aliphatic heterocycles. The number of aromatic nitrogens is 1. The van der Waals surface area contributed by atoms with Crippen molar-refractivity contribution in [2.24, 2.45) is 0 Å². The van der Waals surface area contributed by atoms with Crippen molar-refractivity contribution in [1.29, 1.82) is 0 Å². The monoisotopic (exact) mass is 315 g/mol. The Hall–Kier alpha value is -1.98. The third-order valence-electron chi connectivity index (χ3n) is 4.16. The number of benzene rings is 1. The molecule has 0 spiro atoms. The van der Waals surface area contributed by atoms with Crippen LogP contribution in [0.5, 0.6) is 0 Å². The number of pyridine rings is 1. The largest absolute Gasteiger partial charge is 0.378 e. The number of hydrogen-bond acceptors (Lipinski definition) is 4. The third-order valence-corrected chi connectivity index (χ3v) is 4.16. The molecule has 1 aromatic carbocycles. The molecule has 3 rings (SSSR count). The van der Waals surface area contributed by atoms with Crippen molar-refractivity contribution in [2.45, 2.75) is 19.5 Å². The first-order valence-corrected chi connectivity index (χ1v) is 7.98. The molecule has 0 unspecified atom stereocenters. The molecule has 1 saturated heterocycles. The summed E-state index contributed by atoms with van der Waals surface area (Å²) in [6.45, 7) is 5.50. The minimum Gasteiger partial charge on any atom is -0.378 e. The summed E-state index contributed by atoms with van der Waals surface area (Å²) in [5.74, 6) is -0.166.